The molecule has 0 heterocycles. The smallest absolute Gasteiger partial charge is 0.0715 e. The Morgan fingerprint density at radius 2 is 0.875 bits per heavy atom. The molecule has 0 atom stereocenters. The summed E-state index contributed by atoms with van der Waals surface area (Å²) >= 11 is 0. The van der Waals surface area contributed by atoms with Crippen LogP contribution in [0.3, 0.4) is 0 Å². The molecular weight excluding hydrogens is 260 g/mol. The number of carbonyl (C=O) groups is 3. The topological polar surface area (TPSA) is 120 Å². The summed E-state index contributed by atoms with van der Waals surface area (Å²) in [6.45, 7) is 0. The van der Waals surface area contributed by atoms with Crippen LogP contribution >= 0.6 is 0 Å². The summed E-state index contributed by atoms with van der Waals surface area (Å²) in [6, 6.07) is 2.24. The summed E-state index contributed by atoms with van der Waals surface area (Å²) in [5.41, 5.74) is -1.68. The van der Waals surface area contributed by atoms with Crippen LogP contribution in [-0.4, -0.2) is 17.9 Å². The minimum atomic E-state index is -1.68. The molecule has 0 aliphatic heterocycles. The van der Waals surface area contributed by atoms with Gasteiger partial charge in [-0.15, -0.1) is 0 Å². The molecule has 1 aromatic carbocycles. The van der Waals surface area contributed by atoms with Gasteiger partial charge < -0.3 is 29.7 Å². The van der Waals surface area contributed by atoms with Crippen molar-refractivity contribution in [2.24, 2.45) is 0 Å². The number of carbonyl (C=O) groups excluding carboxylic acids is 3. The number of aromatic carboxylic acids is 3. The van der Waals surface area contributed by atoms with Crippen molar-refractivity contribution in [3.8, 4) is 0 Å². The van der Waals surface area contributed by atoms with Gasteiger partial charge in [0.05, 0.1) is 17.9 Å². The Bertz CT molecular complexity index is 374. The molecule has 0 fully saturated rings. The number of hydrogen-bond donors (Lipinski definition) is 0. The molecule has 0 aliphatic carbocycles. The molecule has 0 radical (unpaired) electrons. The van der Waals surface area contributed by atoms with E-state index >= 15 is 0 Å². The zero-order valence-corrected chi connectivity index (χ0v) is 8.64. The summed E-state index contributed by atoms with van der Waals surface area (Å²) in [7, 11) is 0. The van der Waals surface area contributed by atoms with Crippen molar-refractivity contribution in [2.75, 3.05) is 0 Å². The summed E-state index contributed by atoms with van der Waals surface area (Å²) in [5, 5.41) is 31.2. The second-order valence-electron chi connectivity index (χ2n) is 2.66. The van der Waals surface area contributed by atoms with Gasteiger partial charge in [-0.1, -0.05) is 0 Å². The van der Waals surface area contributed by atoms with Crippen LogP contribution in [0.4, 0.5) is 0 Å². The predicted molar refractivity (Wildman–Crippen MR) is 39.4 cm³/mol. The number of carboxylic acid groups (broad SMARTS) is 3. The fourth-order valence-corrected chi connectivity index (χ4v) is 0.981. The quantitative estimate of drug-likeness (QED) is 0.529. The molecule has 7 heteroatoms. The zero-order chi connectivity index (χ0) is 11.6. The molecule has 0 aromatic heterocycles. The van der Waals surface area contributed by atoms with Crippen LogP contribution in [0.1, 0.15) is 31.1 Å². The van der Waals surface area contributed by atoms with Crippen molar-refractivity contribution in [1.82, 2.24) is 0 Å². The van der Waals surface area contributed by atoms with E-state index in [4.69, 9.17) is 0 Å². The van der Waals surface area contributed by atoms with E-state index < -0.39 is 34.6 Å². The van der Waals surface area contributed by atoms with Gasteiger partial charge in [-0.25, -0.2) is 0 Å². The molecule has 1 aromatic rings. The standard InChI is InChI=1S/C9H6O6.Fe/c10-7(11)4-1-5(8(12)13)3-6(2-4)9(14)15;/h1-3H,(H,10,11)(H,12,13)(H,14,15);/p-3. The molecule has 6 nitrogen and oxygen atoms in total. The Balaban J connectivity index is 0.00000225. The molecule has 0 bridgehead atoms. The Kier molecular flexibility index (Phi) is 4.68. The maximum absolute atomic E-state index is 10.4. The molecule has 0 saturated heterocycles. The molecule has 0 saturated carbocycles. The minimum Gasteiger partial charge on any atom is -0.545 e. The first-order valence-electron chi connectivity index (χ1n) is 3.71. The normalized spacial score (nSPS) is 9.00. The molecule has 16 heavy (non-hydrogen) atoms. The Hall–Kier alpha value is -1.85. The maximum atomic E-state index is 10.4. The Labute approximate surface area is 100.0 Å². The van der Waals surface area contributed by atoms with Gasteiger partial charge in [-0.2, -0.15) is 0 Å². The first-order valence-corrected chi connectivity index (χ1v) is 3.71. The van der Waals surface area contributed by atoms with Gasteiger partial charge in [-0.05, 0) is 34.9 Å². The number of benzene rings is 1. The van der Waals surface area contributed by atoms with E-state index in [0.717, 1.165) is 18.2 Å². The van der Waals surface area contributed by atoms with E-state index in [-0.39, 0.29) is 17.1 Å². The van der Waals surface area contributed by atoms with Gasteiger partial charge in [0.1, 0.15) is 0 Å². The predicted octanol–water partition coefficient (Wildman–Crippen LogP) is -3.23. The van der Waals surface area contributed by atoms with Crippen molar-refractivity contribution in [3.63, 3.8) is 0 Å². The van der Waals surface area contributed by atoms with E-state index in [0.29, 0.717) is 0 Å². The Morgan fingerprint density at radius 1 is 0.688 bits per heavy atom. The van der Waals surface area contributed by atoms with Crippen LogP contribution in [0.25, 0.3) is 0 Å². The van der Waals surface area contributed by atoms with Gasteiger partial charge in [0, 0.05) is 17.1 Å². The van der Waals surface area contributed by atoms with Crippen LogP contribution in [0.2, 0.25) is 0 Å². The fraction of sp³-hybridized carbons (Fsp3) is 0. The van der Waals surface area contributed by atoms with Crippen molar-refractivity contribution in [1.29, 1.82) is 0 Å². The molecule has 0 unspecified atom stereocenters. The van der Waals surface area contributed by atoms with Crippen molar-refractivity contribution < 1.29 is 46.8 Å². The van der Waals surface area contributed by atoms with Crippen LogP contribution < -0.4 is 15.3 Å². The fourth-order valence-electron chi connectivity index (χ4n) is 0.981. The van der Waals surface area contributed by atoms with E-state index in [2.05, 4.69) is 0 Å². The monoisotopic (exact) mass is 263 g/mol. The van der Waals surface area contributed by atoms with Crippen molar-refractivity contribution in [3.05, 3.63) is 34.9 Å². The number of rotatable bonds is 3. The van der Waals surface area contributed by atoms with Gasteiger partial charge >= 0.3 is 0 Å². The third-order valence-electron chi connectivity index (χ3n) is 1.64. The third-order valence-corrected chi connectivity index (χ3v) is 1.64. The van der Waals surface area contributed by atoms with Gasteiger partial charge in [0.25, 0.3) is 0 Å². The average molecular weight is 263 g/mol. The number of hydrogen-bond acceptors (Lipinski definition) is 6. The van der Waals surface area contributed by atoms with E-state index in [1.54, 1.807) is 0 Å². The van der Waals surface area contributed by atoms with Gasteiger partial charge in [-0.3, -0.25) is 0 Å². The largest absolute Gasteiger partial charge is 0.545 e. The summed E-state index contributed by atoms with van der Waals surface area (Å²) in [6.07, 6.45) is 0. The summed E-state index contributed by atoms with van der Waals surface area (Å²) in [4.78, 5) is 31.2. The van der Waals surface area contributed by atoms with Crippen LogP contribution in [0.15, 0.2) is 18.2 Å². The number of carboxylic acids is 3. The summed E-state index contributed by atoms with van der Waals surface area (Å²) < 4.78 is 0. The van der Waals surface area contributed by atoms with Crippen LogP contribution in [0.5, 0.6) is 0 Å². The molecule has 1 rings (SSSR count). The second kappa shape index (κ2) is 5.29. The molecular formula is C9H3FeO6-3. The third kappa shape index (κ3) is 3.08. The molecule has 0 N–H and O–H groups in total. The first kappa shape index (κ1) is 14.1. The van der Waals surface area contributed by atoms with E-state index in [1.807, 2.05) is 0 Å². The van der Waals surface area contributed by atoms with Gasteiger partial charge in [0.15, 0.2) is 0 Å². The molecule has 86 valence electrons. The summed E-state index contributed by atoms with van der Waals surface area (Å²) in [5.74, 6) is -5.04. The maximum Gasteiger partial charge on any atom is 0.0715 e. The van der Waals surface area contributed by atoms with E-state index in [1.165, 1.54) is 0 Å². The van der Waals surface area contributed by atoms with Crippen LogP contribution in [-0.2, 0) is 17.1 Å². The average Bonchev–Trinajstić information content (AvgIpc) is 2.16. The molecule has 0 amide bonds. The van der Waals surface area contributed by atoms with Crippen molar-refractivity contribution in [2.45, 2.75) is 0 Å². The molecule has 0 spiro atoms. The SMILES string of the molecule is O=C([O-])c1cc(C(=O)[O-])cc(C(=O)[O-])c1.[Fe]. The molecule has 0 aliphatic rings. The van der Waals surface area contributed by atoms with Crippen molar-refractivity contribution >= 4 is 17.9 Å². The minimum absolute atomic E-state index is 0. The first-order chi connectivity index (χ1) is 6.91. The zero-order valence-electron chi connectivity index (χ0n) is 7.54. The van der Waals surface area contributed by atoms with Gasteiger partial charge in [0.2, 0.25) is 0 Å². The second-order valence-corrected chi connectivity index (χ2v) is 2.66. The van der Waals surface area contributed by atoms with E-state index in [9.17, 15) is 29.7 Å². The van der Waals surface area contributed by atoms with Crippen LogP contribution in [0, 0.1) is 0 Å². The Morgan fingerprint density at radius 3 is 1.00 bits per heavy atom.